The Hall–Kier alpha value is -2.18. The van der Waals surface area contributed by atoms with Crippen LogP contribution in [0.25, 0.3) is 11.3 Å². The van der Waals surface area contributed by atoms with Crippen molar-refractivity contribution >= 4 is 5.97 Å². The predicted molar refractivity (Wildman–Crippen MR) is 73.5 cm³/mol. The maximum Gasteiger partial charge on any atom is 0.358 e. The van der Waals surface area contributed by atoms with E-state index >= 15 is 0 Å². The minimum atomic E-state index is -1.07. The zero-order chi connectivity index (χ0) is 15.0. The molecule has 7 nitrogen and oxygen atoms in total. The van der Waals surface area contributed by atoms with E-state index in [9.17, 15) is 9.90 Å². The van der Waals surface area contributed by atoms with Gasteiger partial charge in [-0.2, -0.15) is 5.10 Å². The van der Waals surface area contributed by atoms with Crippen LogP contribution in [0.3, 0.4) is 0 Å². The Bertz CT molecular complexity index is 654. The van der Waals surface area contributed by atoms with E-state index in [2.05, 4.69) is 29.3 Å². The third-order valence-electron chi connectivity index (χ3n) is 3.22. The molecule has 0 bridgehead atoms. The van der Waals surface area contributed by atoms with Gasteiger partial charge in [-0.25, -0.2) is 9.48 Å². The summed E-state index contributed by atoms with van der Waals surface area (Å²) in [6.07, 6.45) is 0. The van der Waals surface area contributed by atoms with Gasteiger partial charge in [-0.15, -0.1) is 5.10 Å². The van der Waals surface area contributed by atoms with Crippen LogP contribution >= 0.6 is 0 Å². The maximum absolute atomic E-state index is 11.4. The normalized spacial score (nSPS) is 11.3. The molecule has 0 saturated heterocycles. The molecule has 0 aromatic carbocycles. The molecule has 0 radical (unpaired) electrons. The molecule has 0 aliphatic rings. The summed E-state index contributed by atoms with van der Waals surface area (Å²) in [4.78, 5) is 11.4. The lowest BCUT2D eigenvalue weighted by Gasteiger charge is -2.09. The van der Waals surface area contributed by atoms with E-state index in [-0.39, 0.29) is 5.69 Å². The number of hydrogen-bond donors (Lipinski definition) is 1. The second-order valence-electron chi connectivity index (χ2n) is 5.34. The third-order valence-corrected chi connectivity index (χ3v) is 3.22. The summed E-state index contributed by atoms with van der Waals surface area (Å²) in [7, 11) is 1.84. The van der Waals surface area contributed by atoms with E-state index in [1.807, 2.05) is 20.9 Å². The van der Waals surface area contributed by atoms with E-state index in [1.54, 1.807) is 9.36 Å². The third kappa shape index (κ3) is 2.31. The second-order valence-corrected chi connectivity index (χ2v) is 5.34. The Balaban J connectivity index is 2.69. The largest absolute Gasteiger partial charge is 0.476 e. The first-order chi connectivity index (χ1) is 9.32. The fourth-order valence-electron chi connectivity index (χ4n) is 2.29. The van der Waals surface area contributed by atoms with Gasteiger partial charge in [-0.1, -0.05) is 19.1 Å². The number of aromatic nitrogens is 5. The Morgan fingerprint density at radius 2 is 2.00 bits per heavy atom. The molecule has 0 aliphatic heterocycles. The number of carboxylic acid groups (broad SMARTS) is 1. The van der Waals surface area contributed by atoms with E-state index in [4.69, 9.17) is 0 Å². The van der Waals surface area contributed by atoms with E-state index in [0.29, 0.717) is 18.2 Å². The van der Waals surface area contributed by atoms with Crippen LogP contribution in [-0.2, 0) is 13.6 Å². The summed E-state index contributed by atoms with van der Waals surface area (Å²) < 4.78 is 3.40. The Morgan fingerprint density at radius 1 is 1.35 bits per heavy atom. The number of aromatic carboxylic acids is 1. The van der Waals surface area contributed by atoms with Crippen molar-refractivity contribution in [3.63, 3.8) is 0 Å². The van der Waals surface area contributed by atoms with Gasteiger partial charge >= 0.3 is 5.97 Å². The molecule has 2 heterocycles. The van der Waals surface area contributed by atoms with Gasteiger partial charge in [0, 0.05) is 24.8 Å². The van der Waals surface area contributed by atoms with Crippen LogP contribution < -0.4 is 0 Å². The van der Waals surface area contributed by atoms with Crippen LogP contribution in [0.15, 0.2) is 0 Å². The number of rotatable bonds is 4. The summed E-state index contributed by atoms with van der Waals surface area (Å²) in [6, 6.07) is 0. The molecule has 0 spiro atoms. The highest BCUT2D eigenvalue weighted by Crippen LogP contribution is 2.29. The highest BCUT2D eigenvalue weighted by molar-refractivity contribution is 5.93. The van der Waals surface area contributed by atoms with Crippen molar-refractivity contribution in [1.82, 2.24) is 24.8 Å². The minimum absolute atomic E-state index is 0.0233. The summed E-state index contributed by atoms with van der Waals surface area (Å²) in [6.45, 7) is 8.49. The van der Waals surface area contributed by atoms with Gasteiger partial charge in [0.1, 0.15) is 5.69 Å². The molecular weight excluding hydrogens is 258 g/mol. The van der Waals surface area contributed by atoms with Crippen LogP contribution in [0.4, 0.5) is 0 Å². The second kappa shape index (κ2) is 5.07. The standard InChI is InChI=1S/C13H19N5O2/c1-7(2)6-18-12(11(13(19)20)14-16-18)10-8(3)15-17(5)9(10)4/h7H,6H2,1-5H3,(H,19,20). The van der Waals surface area contributed by atoms with Crippen molar-refractivity contribution < 1.29 is 9.90 Å². The van der Waals surface area contributed by atoms with Gasteiger partial charge in [-0.05, 0) is 19.8 Å². The number of hydrogen-bond acceptors (Lipinski definition) is 4. The predicted octanol–water partition coefficient (Wildman–Crippen LogP) is 1.65. The van der Waals surface area contributed by atoms with Crippen LogP contribution in [0.2, 0.25) is 0 Å². The SMILES string of the molecule is Cc1nn(C)c(C)c1-c1c(C(=O)O)nnn1CC(C)C. The first-order valence-corrected chi connectivity index (χ1v) is 6.50. The lowest BCUT2D eigenvalue weighted by atomic mass is 10.1. The van der Waals surface area contributed by atoms with Crippen molar-refractivity contribution in [3.8, 4) is 11.3 Å². The van der Waals surface area contributed by atoms with Gasteiger partial charge in [0.15, 0.2) is 5.69 Å². The summed E-state index contributed by atoms with van der Waals surface area (Å²) in [5.41, 5.74) is 2.99. The lowest BCUT2D eigenvalue weighted by molar-refractivity contribution is 0.0691. The van der Waals surface area contributed by atoms with Crippen LogP contribution in [0, 0.1) is 19.8 Å². The average Bonchev–Trinajstić information content (AvgIpc) is 2.81. The molecule has 0 atom stereocenters. The zero-order valence-corrected chi connectivity index (χ0v) is 12.4. The first-order valence-electron chi connectivity index (χ1n) is 6.50. The quantitative estimate of drug-likeness (QED) is 0.918. The number of carbonyl (C=O) groups is 1. The Kier molecular flexibility index (Phi) is 3.61. The lowest BCUT2D eigenvalue weighted by Crippen LogP contribution is -2.10. The molecule has 2 aromatic heterocycles. The van der Waals surface area contributed by atoms with Gasteiger partial charge in [0.05, 0.1) is 5.69 Å². The van der Waals surface area contributed by atoms with Crippen molar-refractivity contribution in [3.05, 3.63) is 17.1 Å². The van der Waals surface area contributed by atoms with Crippen LogP contribution in [0.1, 0.15) is 35.7 Å². The molecule has 1 N–H and O–H groups in total. The van der Waals surface area contributed by atoms with Crippen molar-refractivity contribution in [2.45, 2.75) is 34.2 Å². The van der Waals surface area contributed by atoms with Gasteiger partial charge < -0.3 is 5.11 Å². The van der Waals surface area contributed by atoms with Gasteiger partial charge in [0.2, 0.25) is 0 Å². The summed E-state index contributed by atoms with van der Waals surface area (Å²) in [5, 5.41) is 21.5. The fraction of sp³-hybridized carbons (Fsp3) is 0.538. The Labute approximate surface area is 117 Å². The van der Waals surface area contributed by atoms with E-state index < -0.39 is 5.97 Å². The van der Waals surface area contributed by atoms with Gasteiger partial charge in [-0.3, -0.25) is 4.68 Å². The minimum Gasteiger partial charge on any atom is -0.476 e. The zero-order valence-electron chi connectivity index (χ0n) is 12.4. The molecule has 0 unspecified atom stereocenters. The molecular formula is C13H19N5O2. The molecule has 7 heteroatoms. The molecule has 2 aromatic rings. The smallest absolute Gasteiger partial charge is 0.358 e. The topological polar surface area (TPSA) is 85.8 Å². The van der Waals surface area contributed by atoms with Crippen molar-refractivity contribution in [1.29, 1.82) is 0 Å². The van der Waals surface area contributed by atoms with Crippen molar-refractivity contribution in [2.75, 3.05) is 0 Å². The first kappa shape index (κ1) is 14.2. The fourth-order valence-corrected chi connectivity index (χ4v) is 2.29. The maximum atomic E-state index is 11.4. The average molecular weight is 277 g/mol. The number of aryl methyl sites for hydroxylation is 2. The molecule has 108 valence electrons. The van der Waals surface area contributed by atoms with Crippen LogP contribution in [-0.4, -0.2) is 35.9 Å². The molecule has 0 amide bonds. The molecule has 2 rings (SSSR count). The van der Waals surface area contributed by atoms with Gasteiger partial charge in [0.25, 0.3) is 0 Å². The van der Waals surface area contributed by atoms with E-state index in [0.717, 1.165) is 17.0 Å². The highest BCUT2D eigenvalue weighted by Gasteiger charge is 2.25. The molecule has 0 aliphatic carbocycles. The summed E-state index contributed by atoms with van der Waals surface area (Å²) in [5.74, 6) is -0.730. The monoisotopic (exact) mass is 277 g/mol. The highest BCUT2D eigenvalue weighted by atomic mass is 16.4. The molecule has 20 heavy (non-hydrogen) atoms. The number of carboxylic acids is 1. The molecule has 0 fully saturated rings. The van der Waals surface area contributed by atoms with E-state index in [1.165, 1.54) is 0 Å². The molecule has 0 saturated carbocycles. The Morgan fingerprint density at radius 3 is 2.45 bits per heavy atom. The van der Waals surface area contributed by atoms with Crippen LogP contribution in [0.5, 0.6) is 0 Å². The van der Waals surface area contributed by atoms with Crippen molar-refractivity contribution in [2.24, 2.45) is 13.0 Å². The summed E-state index contributed by atoms with van der Waals surface area (Å²) >= 11 is 0. The number of nitrogens with zero attached hydrogens (tertiary/aromatic N) is 5.